The molecule has 1 amide bonds. The highest BCUT2D eigenvalue weighted by Crippen LogP contribution is 2.25. The smallest absolute Gasteiger partial charge is 0.227 e. The van der Waals surface area contributed by atoms with E-state index >= 15 is 0 Å². The first-order valence-electron chi connectivity index (χ1n) is 9.62. The number of hydrogen-bond acceptors (Lipinski definition) is 3. The van der Waals surface area contributed by atoms with Gasteiger partial charge in [0.1, 0.15) is 11.6 Å². The second-order valence-electron chi connectivity index (χ2n) is 7.39. The predicted molar refractivity (Wildman–Crippen MR) is 109 cm³/mol. The molecule has 0 atom stereocenters. The summed E-state index contributed by atoms with van der Waals surface area (Å²) in [5.74, 6) is 2.43. The van der Waals surface area contributed by atoms with Gasteiger partial charge in [-0.05, 0) is 24.6 Å². The van der Waals surface area contributed by atoms with E-state index in [0.29, 0.717) is 12.3 Å². The molecule has 4 rings (SSSR count). The summed E-state index contributed by atoms with van der Waals surface area (Å²) < 4.78 is 7.51. The molecule has 2 aromatic carbocycles. The zero-order valence-electron chi connectivity index (χ0n) is 16.3. The van der Waals surface area contributed by atoms with Crippen molar-refractivity contribution < 1.29 is 9.53 Å². The van der Waals surface area contributed by atoms with Crippen LogP contribution in [0, 0.1) is 12.8 Å². The highest BCUT2D eigenvalue weighted by atomic mass is 16.5. The number of aryl methyl sites for hydroxylation is 1. The van der Waals surface area contributed by atoms with Crippen molar-refractivity contribution in [2.24, 2.45) is 5.92 Å². The topological polar surface area (TPSA) is 47.4 Å². The van der Waals surface area contributed by atoms with Gasteiger partial charge < -0.3 is 14.2 Å². The van der Waals surface area contributed by atoms with Gasteiger partial charge in [-0.15, -0.1) is 0 Å². The number of amides is 1. The van der Waals surface area contributed by atoms with Gasteiger partial charge >= 0.3 is 0 Å². The average molecular weight is 375 g/mol. The van der Waals surface area contributed by atoms with Crippen LogP contribution in [0.25, 0.3) is 11.4 Å². The maximum absolute atomic E-state index is 12.6. The molecule has 0 aliphatic carbocycles. The number of rotatable bonds is 6. The summed E-state index contributed by atoms with van der Waals surface area (Å²) in [7, 11) is 1.64. The molecule has 0 N–H and O–H groups in total. The number of imidazole rings is 1. The van der Waals surface area contributed by atoms with Crippen molar-refractivity contribution in [2.45, 2.75) is 19.9 Å². The van der Waals surface area contributed by atoms with Crippen LogP contribution in [0.4, 0.5) is 0 Å². The molecule has 0 spiro atoms. The Morgan fingerprint density at radius 3 is 2.68 bits per heavy atom. The summed E-state index contributed by atoms with van der Waals surface area (Å²) in [6, 6.07) is 18.0. The van der Waals surface area contributed by atoms with Crippen molar-refractivity contribution in [1.29, 1.82) is 0 Å². The first-order chi connectivity index (χ1) is 13.6. The van der Waals surface area contributed by atoms with E-state index in [-0.39, 0.29) is 5.91 Å². The van der Waals surface area contributed by atoms with Crippen molar-refractivity contribution in [3.63, 3.8) is 0 Å². The molecule has 1 aliphatic heterocycles. The van der Waals surface area contributed by atoms with Crippen molar-refractivity contribution in [2.75, 3.05) is 20.2 Å². The van der Waals surface area contributed by atoms with Crippen LogP contribution >= 0.6 is 0 Å². The molecule has 3 aromatic rings. The molecule has 28 heavy (non-hydrogen) atoms. The van der Waals surface area contributed by atoms with E-state index in [4.69, 9.17) is 4.74 Å². The monoisotopic (exact) mass is 375 g/mol. The van der Waals surface area contributed by atoms with Gasteiger partial charge in [-0.1, -0.05) is 42.5 Å². The lowest BCUT2D eigenvalue weighted by molar-refractivity contribution is -0.137. The van der Waals surface area contributed by atoms with Crippen molar-refractivity contribution >= 4 is 5.91 Å². The quantitative estimate of drug-likeness (QED) is 0.662. The first kappa shape index (κ1) is 18.3. The largest absolute Gasteiger partial charge is 0.497 e. The van der Waals surface area contributed by atoms with Gasteiger partial charge in [0.2, 0.25) is 5.91 Å². The van der Waals surface area contributed by atoms with Crippen LogP contribution in [-0.4, -0.2) is 40.6 Å². The van der Waals surface area contributed by atoms with Gasteiger partial charge in [-0.2, -0.15) is 0 Å². The summed E-state index contributed by atoms with van der Waals surface area (Å²) in [4.78, 5) is 19.1. The number of aromatic nitrogens is 2. The second kappa shape index (κ2) is 7.89. The van der Waals surface area contributed by atoms with Crippen LogP contribution in [0.1, 0.15) is 11.3 Å². The number of hydrogen-bond donors (Lipinski definition) is 0. The molecule has 5 nitrogen and oxygen atoms in total. The van der Waals surface area contributed by atoms with Crippen LogP contribution in [-0.2, 0) is 17.8 Å². The Morgan fingerprint density at radius 2 is 1.93 bits per heavy atom. The normalized spacial score (nSPS) is 14.0. The van der Waals surface area contributed by atoms with Gasteiger partial charge in [0.25, 0.3) is 0 Å². The molecule has 1 fully saturated rings. The molecule has 0 bridgehead atoms. The third kappa shape index (κ3) is 3.79. The van der Waals surface area contributed by atoms with E-state index in [0.717, 1.165) is 48.0 Å². The molecule has 144 valence electrons. The first-order valence-corrected chi connectivity index (χ1v) is 9.62. The van der Waals surface area contributed by atoms with Gasteiger partial charge in [-0.3, -0.25) is 4.79 Å². The average Bonchev–Trinajstić information content (AvgIpc) is 3.05. The summed E-state index contributed by atoms with van der Waals surface area (Å²) in [5, 5.41) is 0. The van der Waals surface area contributed by atoms with Crippen LogP contribution in [0.5, 0.6) is 5.75 Å². The lowest BCUT2D eigenvalue weighted by Crippen LogP contribution is -2.52. The minimum absolute atomic E-state index is 0.176. The van der Waals surface area contributed by atoms with E-state index < -0.39 is 0 Å². The van der Waals surface area contributed by atoms with Crippen LogP contribution in [0.15, 0.2) is 60.8 Å². The summed E-state index contributed by atoms with van der Waals surface area (Å²) in [6.45, 7) is 4.58. The van der Waals surface area contributed by atoms with Gasteiger partial charge in [0.15, 0.2) is 0 Å². The summed E-state index contributed by atoms with van der Waals surface area (Å²) in [6.07, 6.45) is 2.34. The molecule has 1 aliphatic rings. The number of carbonyl (C=O) groups excluding carboxylic acids is 1. The second-order valence-corrected chi connectivity index (χ2v) is 7.39. The van der Waals surface area contributed by atoms with Gasteiger partial charge in [0.05, 0.1) is 13.5 Å². The van der Waals surface area contributed by atoms with Gasteiger partial charge in [0, 0.05) is 43.0 Å². The molecule has 1 aromatic heterocycles. The third-order valence-corrected chi connectivity index (χ3v) is 5.33. The highest BCUT2D eigenvalue weighted by molar-refractivity contribution is 5.79. The molecular formula is C23H25N3O2. The molecular weight excluding hydrogens is 350 g/mol. The fourth-order valence-corrected chi connectivity index (χ4v) is 3.73. The fraction of sp³-hybridized carbons (Fsp3) is 0.304. The van der Waals surface area contributed by atoms with Crippen LogP contribution in [0.2, 0.25) is 0 Å². The standard InChI is InChI=1S/C23H25N3O2/c1-17-13-24-23(20-8-4-3-5-9-20)26(17)16-19-14-25(15-19)22(27)12-18-7-6-10-21(11-18)28-2/h3-11,13,19H,12,14-16H2,1-2H3. The number of carbonyl (C=O) groups is 1. The summed E-state index contributed by atoms with van der Waals surface area (Å²) >= 11 is 0. The maximum Gasteiger partial charge on any atom is 0.227 e. The number of likely N-dealkylation sites (tertiary alicyclic amines) is 1. The van der Waals surface area contributed by atoms with E-state index in [1.807, 2.05) is 53.6 Å². The predicted octanol–water partition coefficient (Wildman–Crippen LogP) is 3.57. The Labute approximate surface area is 165 Å². The highest BCUT2D eigenvalue weighted by Gasteiger charge is 2.31. The van der Waals surface area contributed by atoms with Crippen molar-refractivity contribution in [1.82, 2.24) is 14.5 Å². The van der Waals surface area contributed by atoms with E-state index in [1.165, 1.54) is 0 Å². The molecule has 2 heterocycles. The van der Waals surface area contributed by atoms with Crippen LogP contribution < -0.4 is 4.74 Å². The minimum atomic E-state index is 0.176. The van der Waals surface area contributed by atoms with Crippen molar-refractivity contribution in [3.05, 3.63) is 72.1 Å². The molecule has 0 saturated carbocycles. The number of ether oxygens (including phenoxy) is 1. The van der Waals surface area contributed by atoms with Crippen LogP contribution in [0.3, 0.4) is 0 Å². The van der Waals surface area contributed by atoms with E-state index in [1.54, 1.807) is 7.11 Å². The zero-order valence-corrected chi connectivity index (χ0v) is 16.3. The third-order valence-electron chi connectivity index (χ3n) is 5.33. The number of benzene rings is 2. The van der Waals surface area contributed by atoms with Crippen molar-refractivity contribution in [3.8, 4) is 17.1 Å². The lowest BCUT2D eigenvalue weighted by Gasteiger charge is -2.40. The van der Waals surface area contributed by atoms with Gasteiger partial charge in [-0.25, -0.2) is 4.98 Å². The number of nitrogens with zero attached hydrogens (tertiary/aromatic N) is 3. The molecule has 0 unspecified atom stereocenters. The fourth-order valence-electron chi connectivity index (χ4n) is 3.73. The Hall–Kier alpha value is -3.08. The summed E-state index contributed by atoms with van der Waals surface area (Å²) in [5.41, 5.74) is 3.27. The van der Waals surface area contributed by atoms with E-state index in [2.05, 4.69) is 28.6 Å². The molecule has 5 heteroatoms. The molecule has 1 saturated heterocycles. The Balaban J connectivity index is 1.36. The zero-order chi connectivity index (χ0) is 19.5. The Morgan fingerprint density at radius 1 is 1.14 bits per heavy atom. The Bertz CT molecular complexity index is 959. The lowest BCUT2D eigenvalue weighted by atomic mass is 9.98. The Kier molecular flexibility index (Phi) is 5.15. The van der Waals surface area contributed by atoms with E-state index in [9.17, 15) is 4.79 Å². The maximum atomic E-state index is 12.6. The SMILES string of the molecule is COc1cccc(CC(=O)N2CC(Cn3c(C)cnc3-c3ccccc3)C2)c1. The minimum Gasteiger partial charge on any atom is -0.497 e. The number of methoxy groups -OCH3 is 1. The molecule has 0 radical (unpaired) electrons.